The Morgan fingerprint density at radius 1 is 1.40 bits per heavy atom. The molecule has 0 heterocycles. The van der Waals surface area contributed by atoms with Crippen molar-refractivity contribution in [3.63, 3.8) is 0 Å². The fraction of sp³-hybridized carbons (Fsp3) is 0.455. The van der Waals surface area contributed by atoms with Crippen LogP contribution in [0.5, 0.6) is 0 Å². The number of alkyl halides is 3. The molecule has 0 bridgehead atoms. The Kier molecular flexibility index (Phi) is 5.42. The summed E-state index contributed by atoms with van der Waals surface area (Å²) in [6.45, 7) is 1.16. The molecule has 0 saturated heterocycles. The van der Waals surface area contributed by atoms with Crippen molar-refractivity contribution >= 4 is 21.6 Å². The van der Waals surface area contributed by atoms with E-state index in [1.54, 1.807) is 6.92 Å². The zero-order valence-corrected chi connectivity index (χ0v) is 12.0. The molecule has 0 aliphatic carbocycles. The molecule has 9 heteroatoms. The predicted octanol–water partition coefficient (Wildman–Crippen LogP) is 2.41. The second-order valence-electron chi connectivity index (χ2n) is 4.05. The molecule has 2 N–H and O–H groups in total. The van der Waals surface area contributed by atoms with Gasteiger partial charge in [0.05, 0.1) is 17.2 Å². The van der Waals surface area contributed by atoms with Crippen molar-refractivity contribution < 1.29 is 26.7 Å². The zero-order chi connectivity index (χ0) is 15.6. The van der Waals surface area contributed by atoms with E-state index in [0.29, 0.717) is 12.1 Å². The first kappa shape index (κ1) is 17.2. The van der Waals surface area contributed by atoms with E-state index in [0.717, 1.165) is 6.07 Å². The smallest absolute Gasteiger partial charge is 0.395 e. The minimum Gasteiger partial charge on any atom is -0.395 e. The second kappa shape index (κ2) is 6.30. The third-order valence-electron chi connectivity index (χ3n) is 2.58. The van der Waals surface area contributed by atoms with Crippen LogP contribution in [0.2, 0.25) is 5.02 Å². The Hall–Kier alpha value is -0.830. The summed E-state index contributed by atoms with van der Waals surface area (Å²) in [6.07, 6.45) is -4.39. The van der Waals surface area contributed by atoms with Gasteiger partial charge in [0, 0.05) is 6.04 Å². The van der Waals surface area contributed by atoms with Crippen molar-refractivity contribution in [1.29, 1.82) is 0 Å². The third-order valence-corrected chi connectivity index (χ3v) is 4.59. The zero-order valence-electron chi connectivity index (χ0n) is 10.4. The molecule has 1 aromatic rings. The van der Waals surface area contributed by atoms with E-state index < -0.39 is 39.3 Å². The maximum absolute atomic E-state index is 12.6. The van der Waals surface area contributed by atoms with E-state index in [-0.39, 0.29) is 11.4 Å². The van der Waals surface area contributed by atoms with Crippen molar-refractivity contribution in [3.8, 4) is 0 Å². The normalized spacial score (nSPS) is 14.3. The van der Waals surface area contributed by atoms with E-state index in [9.17, 15) is 21.6 Å². The molecule has 114 valence electrons. The summed E-state index contributed by atoms with van der Waals surface area (Å²) in [6, 6.07) is 1.25. The molecule has 1 unspecified atom stereocenters. The van der Waals surface area contributed by atoms with Gasteiger partial charge in [0.25, 0.3) is 0 Å². The molecule has 0 aliphatic heterocycles. The minimum atomic E-state index is -4.67. The van der Waals surface area contributed by atoms with Crippen LogP contribution in [0.1, 0.15) is 18.9 Å². The number of sulfonamides is 1. The topological polar surface area (TPSA) is 66.4 Å². The van der Waals surface area contributed by atoms with Gasteiger partial charge in [0.1, 0.15) is 4.90 Å². The molecule has 0 fully saturated rings. The van der Waals surface area contributed by atoms with Crippen molar-refractivity contribution in [2.75, 3.05) is 6.61 Å². The van der Waals surface area contributed by atoms with Gasteiger partial charge in [-0.15, -0.1) is 0 Å². The molecule has 1 rings (SSSR count). The highest BCUT2D eigenvalue weighted by Gasteiger charge is 2.33. The van der Waals surface area contributed by atoms with Gasteiger partial charge in [-0.1, -0.05) is 18.5 Å². The molecule has 0 aromatic heterocycles. The van der Waals surface area contributed by atoms with Gasteiger partial charge in [-0.05, 0) is 24.6 Å². The first-order chi connectivity index (χ1) is 9.11. The number of hydrogen-bond donors (Lipinski definition) is 2. The van der Waals surface area contributed by atoms with Gasteiger partial charge < -0.3 is 5.11 Å². The van der Waals surface area contributed by atoms with Crippen LogP contribution in [-0.2, 0) is 16.2 Å². The summed E-state index contributed by atoms with van der Waals surface area (Å²) in [5, 5.41) is 8.63. The van der Waals surface area contributed by atoms with Crippen LogP contribution in [0.4, 0.5) is 13.2 Å². The highest BCUT2D eigenvalue weighted by molar-refractivity contribution is 7.89. The summed E-state index contributed by atoms with van der Waals surface area (Å²) < 4.78 is 63.8. The molecule has 0 radical (unpaired) electrons. The standard InChI is InChI=1S/C11H13ClF3NO3S/c1-2-8(6-17)16-20(18,19)10-5-7(11(13,14)15)3-4-9(10)12/h3-5,8,16-17H,2,6H2,1H3. The van der Waals surface area contributed by atoms with Crippen LogP contribution >= 0.6 is 11.6 Å². The Balaban J connectivity index is 3.24. The fourth-order valence-electron chi connectivity index (χ4n) is 1.42. The Bertz CT molecular complexity index is 571. The molecule has 0 saturated carbocycles. The quantitative estimate of drug-likeness (QED) is 0.870. The van der Waals surface area contributed by atoms with E-state index in [2.05, 4.69) is 4.72 Å². The maximum atomic E-state index is 12.6. The first-order valence-electron chi connectivity index (χ1n) is 5.61. The number of hydrogen-bond acceptors (Lipinski definition) is 3. The Labute approximate surface area is 119 Å². The van der Waals surface area contributed by atoms with Gasteiger partial charge in [0.2, 0.25) is 10.0 Å². The van der Waals surface area contributed by atoms with Crippen molar-refractivity contribution in [2.24, 2.45) is 0 Å². The van der Waals surface area contributed by atoms with E-state index in [1.165, 1.54) is 0 Å². The average Bonchev–Trinajstić information content (AvgIpc) is 2.34. The van der Waals surface area contributed by atoms with Crippen LogP contribution < -0.4 is 4.72 Å². The monoisotopic (exact) mass is 331 g/mol. The molecule has 1 aromatic carbocycles. The van der Waals surface area contributed by atoms with Crippen LogP contribution in [0, 0.1) is 0 Å². The first-order valence-corrected chi connectivity index (χ1v) is 7.48. The molecule has 4 nitrogen and oxygen atoms in total. The summed E-state index contributed by atoms with van der Waals surface area (Å²) >= 11 is 5.65. The number of aliphatic hydroxyl groups excluding tert-OH is 1. The van der Waals surface area contributed by atoms with Gasteiger partial charge >= 0.3 is 6.18 Å². The number of benzene rings is 1. The van der Waals surface area contributed by atoms with Gasteiger partial charge in [-0.25, -0.2) is 13.1 Å². The summed E-state index contributed by atoms with van der Waals surface area (Å²) in [4.78, 5) is -0.666. The lowest BCUT2D eigenvalue weighted by molar-refractivity contribution is -0.137. The highest BCUT2D eigenvalue weighted by atomic mass is 35.5. The van der Waals surface area contributed by atoms with E-state index >= 15 is 0 Å². The number of halogens is 4. The Morgan fingerprint density at radius 3 is 2.45 bits per heavy atom. The molecule has 0 aliphatic rings. The largest absolute Gasteiger partial charge is 0.416 e. The van der Waals surface area contributed by atoms with Crippen molar-refractivity contribution in [3.05, 3.63) is 28.8 Å². The maximum Gasteiger partial charge on any atom is 0.416 e. The molecule has 20 heavy (non-hydrogen) atoms. The highest BCUT2D eigenvalue weighted by Crippen LogP contribution is 2.33. The predicted molar refractivity (Wildman–Crippen MR) is 67.9 cm³/mol. The molecular weight excluding hydrogens is 319 g/mol. The van der Waals surface area contributed by atoms with Crippen LogP contribution in [-0.4, -0.2) is 26.2 Å². The SMILES string of the molecule is CCC(CO)NS(=O)(=O)c1cc(C(F)(F)F)ccc1Cl. The molecule has 0 spiro atoms. The molecular formula is C11H13ClF3NO3S. The lowest BCUT2D eigenvalue weighted by Crippen LogP contribution is -2.37. The number of aliphatic hydroxyl groups is 1. The molecule has 0 amide bonds. The van der Waals surface area contributed by atoms with Crippen LogP contribution in [0.15, 0.2) is 23.1 Å². The minimum absolute atomic E-state index is 0.284. The van der Waals surface area contributed by atoms with Crippen LogP contribution in [0.25, 0.3) is 0 Å². The van der Waals surface area contributed by atoms with Crippen molar-refractivity contribution in [2.45, 2.75) is 30.5 Å². The third kappa shape index (κ3) is 4.08. The van der Waals surface area contributed by atoms with E-state index in [4.69, 9.17) is 16.7 Å². The van der Waals surface area contributed by atoms with Gasteiger partial charge in [-0.2, -0.15) is 13.2 Å². The Morgan fingerprint density at radius 2 is 2.00 bits per heavy atom. The fourth-order valence-corrected chi connectivity index (χ4v) is 3.25. The van der Waals surface area contributed by atoms with Crippen molar-refractivity contribution in [1.82, 2.24) is 4.72 Å². The summed E-state index contributed by atoms with van der Waals surface area (Å²) in [7, 11) is -4.24. The summed E-state index contributed by atoms with van der Waals surface area (Å²) in [5.74, 6) is 0. The lowest BCUT2D eigenvalue weighted by atomic mass is 10.2. The van der Waals surface area contributed by atoms with Gasteiger partial charge in [0.15, 0.2) is 0 Å². The molecule has 1 atom stereocenters. The number of nitrogens with one attached hydrogen (secondary N) is 1. The van der Waals surface area contributed by atoms with E-state index in [1.807, 2.05) is 0 Å². The average molecular weight is 332 g/mol. The lowest BCUT2D eigenvalue weighted by Gasteiger charge is -2.16. The van der Waals surface area contributed by atoms with Gasteiger partial charge in [-0.3, -0.25) is 0 Å². The number of rotatable bonds is 5. The summed E-state index contributed by atoms with van der Waals surface area (Å²) in [5.41, 5.74) is -1.11. The second-order valence-corrected chi connectivity index (χ2v) is 6.14. The van der Waals surface area contributed by atoms with Crippen LogP contribution in [0.3, 0.4) is 0 Å².